The Bertz CT molecular complexity index is 1230. The third kappa shape index (κ3) is 4.65. The second-order valence-corrected chi connectivity index (χ2v) is 9.45. The summed E-state index contributed by atoms with van der Waals surface area (Å²) in [7, 11) is 0. The van der Waals surface area contributed by atoms with Crippen molar-refractivity contribution in [3.05, 3.63) is 74.7 Å². The van der Waals surface area contributed by atoms with Crippen LogP contribution in [0.15, 0.2) is 41.8 Å². The van der Waals surface area contributed by atoms with Crippen molar-refractivity contribution in [2.45, 2.75) is 46.6 Å². The van der Waals surface area contributed by atoms with Crippen LogP contribution in [0.4, 0.5) is 5.95 Å². The normalized spacial score (nSPS) is 12.4. The maximum Gasteiger partial charge on any atom is 0.254 e. The number of nitrogens with two attached hydrogens (primary N) is 1. The van der Waals surface area contributed by atoms with Crippen molar-refractivity contribution >= 4 is 29.0 Å². The van der Waals surface area contributed by atoms with Crippen LogP contribution >= 0.6 is 11.3 Å². The summed E-state index contributed by atoms with van der Waals surface area (Å²) < 4.78 is 1.59. The number of benzene rings is 1. The van der Waals surface area contributed by atoms with Gasteiger partial charge in [-0.05, 0) is 48.8 Å². The van der Waals surface area contributed by atoms with Gasteiger partial charge in [0.25, 0.3) is 5.78 Å². The summed E-state index contributed by atoms with van der Waals surface area (Å²) in [5, 5.41) is 9.45. The lowest BCUT2D eigenvalue weighted by Gasteiger charge is -2.19. The van der Waals surface area contributed by atoms with Gasteiger partial charge in [0, 0.05) is 21.8 Å². The molecule has 4 rings (SSSR count). The first kappa shape index (κ1) is 22.0. The molecule has 166 valence electrons. The van der Waals surface area contributed by atoms with Crippen LogP contribution < -0.4 is 11.1 Å². The number of nitrogens with one attached hydrogen (secondary N) is 1. The predicted octanol–water partition coefficient (Wildman–Crippen LogP) is 4.03. The highest BCUT2D eigenvalue weighted by atomic mass is 32.1. The zero-order chi connectivity index (χ0) is 22.8. The van der Waals surface area contributed by atoms with Gasteiger partial charge >= 0.3 is 0 Å². The fourth-order valence-electron chi connectivity index (χ4n) is 3.94. The van der Waals surface area contributed by atoms with Crippen LogP contribution in [-0.4, -0.2) is 25.5 Å². The maximum atomic E-state index is 13.1. The average Bonchev–Trinajstić information content (AvgIpc) is 3.39. The zero-order valence-electron chi connectivity index (χ0n) is 18.8. The van der Waals surface area contributed by atoms with Crippen molar-refractivity contribution in [3.8, 4) is 0 Å². The first-order chi connectivity index (χ1) is 15.3. The Labute approximate surface area is 191 Å². The highest BCUT2D eigenvalue weighted by Gasteiger charge is 2.21. The summed E-state index contributed by atoms with van der Waals surface area (Å²) in [6.07, 6.45) is 1.24. The number of aryl methyl sites for hydroxylation is 2. The Morgan fingerprint density at radius 1 is 1.16 bits per heavy atom. The van der Waals surface area contributed by atoms with Crippen LogP contribution in [0.1, 0.15) is 52.8 Å². The highest BCUT2D eigenvalue weighted by Crippen LogP contribution is 2.27. The van der Waals surface area contributed by atoms with Gasteiger partial charge in [0.2, 0.25) is 11.9 Å². The molecule has 32 heavy (non-hydrogen) atoms. The molecule has 7 nitrogen and oxygen atoms in total. The summed E-state index contributed by atoms with van der Waals surface area (Å²) in [6, 6.07) is 12.4. The number of amides is 1. The first-order valence-electron chi connectivity index (χ1n) is 10.7. The number of carbonyl (C=O) groups excluding carboxylic acids is 1. The predicted molar refractivity (Wildman–Crippen MR) is 128 cm³/mol. The second kappa shape index (κ2) is 9.08. The van der Waals surface area contributed by atoms with E-state index in [-0.39, 0.29) is 24.3 Å². The molecule has 0 bridgehead atoms. The molecule has 3 aromatic heterocycles. The molecular weight excluding hydrogens is 420 g/mol. The SMILES string of the molecule is Cc1nc2nc(N)nn2c(C)c1CC(=O)NC(c1ccc(CC(C)C)cc1)c1cccs1. The van der Waals surface area contributed by atoms with Crippen molar-refractivity contribution in [2.24, 2.45) is 5.92 Å². The molecule has 1 atom stereocenters. The second-order valence-electron chi connectivity index (χ2n) is 8.48. The Morgan fingerprint density at radius 3 is 2.56 bits per heavy atom. The Morgan fingerprint density at radius 2 is 1.91 bits per heavy atom. The molecule has 3 heterocycles. The topological polar surface area (TPSA) is 98.2 Å². The molecule has 1 amide bonds. The number of hydrogen-bond acceptors (Lipinski definition) is 6. The third-order valence-corrected chi connectivity index (χ3v) is 6.43. The number of nitrogen functional groups attached to an aromatic ring is 1. The summed E-state index contributed by atoms with van der Waals surface area (Å²) >= 11 is 1.64. The summed E-state index contributed by atoms with van der Waals surface area (Å²) in [4.78, 5) is 22.8. The smallest absolute Gasteiger partial charge is 0.254 e. The van der Waals surface area contributed by atoms with Gasteiger partial charge < -0.3 is 11.1 Å². The molecule has 0 saturated carbocycles. The quantitative estimate of drug-likeness (QED) is 0.445. The van der Waals surface area contributed by atoms with Crippen LogP contribution in [0, 0.1) is 19.8 Å². The molecule has 0 aliphatic carbocycles. The van der Waals surface area contributed by atoms with E-state index in [1.807, 2.05) is 25.3 Å². The van der Waals surface area contributed by atoms with Crippen molar-refractivity contribution in [1.29, 1.82) is 0 Å². The molecule has 1 unspecified atom stereocenters. The molecule has 3 N–H and O–H groups in total. The summed E-state index contributed by atoms with van der Waals surface area (Å²) in [5.74, 6) is 1.14. The molecule has 1 aromatic carbocycles. The van der Waals surface area contributed by atoms with E-state index in [0.29, 0.717) is 11.7 Å². The van der Waals surface area contributed by atoms with Crippen LogP contribution in [-0.2, 0) is 17.6 Å². The first-order valence-corrected chi connectivity index (χ1v) is 11.6. The van der Waals surface area contributed by atoms with Gasteiger partial charge in [-0.1, -0.05) is 44.2 Å². The van der Waals surface area contributed by atoms with E-state index in [1.165, 1.54) is 5.56 Å². The van der Waals surface area contributed by atoms with Gasteiger partial charge in [-0.3, -0.25) is 4.79 Å². The molecular formula is C24H28N6OS. The Balaban J connectivity index is 1.58. The number of fused-ring (bicyclic) bond motifs is 1. The lowest BCUT2D eigenvalue weighted by Crippen LogP contribution is -2.31. The molecule has 0 aliphatic rings. The van der Waals surface area contributed by atoms with Crippen LogP contribution in [0.25, 0.3) is 5.78 Å². The van der Waals surface area contributed by atoms with E-state index in [9.17, 15) is 4.79 Å². The standard InChI is InChI=1S/C24H28N6OS/c1-14(2)12-17-7-9-18(10-8-17)22(20-6-5-11-32-20)27-21(31)13-19-15(3)26-24-28-23(25)29-30(24)16(19)4/h5-11,14,22H,12-13H2,1-4H3,(H2,25,29)(H,27,31). The molecule has 8 heteroatoms. The number of aromatic nitrogens is 4. The summed E-state index contributed by atoms with van der Waals surface area (Å²) in [6.45, 7) is 8.21. The van der Waals surface area contributed by atoms with Crippen LogP contribution in [0.2, 0.25) is 0 Å². The number of thiophene rings is 1. The molecule has 0 radical (unpaired) electrons. The van der Waals surface area contributed by atoms with Crippen LogP contribution in [0.5, 0.6) is 0 Å². The summed E-state index contributed by atoms with van der Waals surface area (Å²) in [5.41, 5.74) is 10.5. The number of hydrogen-bond donors (Lipinski definition) is 2. The molecule has 4 aromatic rings. The molecule has 0 saturated heterocycles. The number of nitrogens with zero attached hydrogens (tertiary/aromatic N) is 4. The maximum absolute atomic E-state index is 13.1. The van der Waals surface area contributed by atoms with Crippen molar-refractivity contribution in [1.82, 2.24) is 24.9 Å². The van der Waals surface area contributed by atoms with E-state index >= 15 is 0 Å². The zero-order valence-corrected chi connectivity index (χ0v) is 19.6. The Kier molecular flexibility index (Phi) is 6.23. The largest absolute Gasteiger partial charge is 0.366 e. The number of carbonyl (C=O) groups is 1. The third-order valence-electron chi connectivity index (χ3n) is 5.49. The molecule has 0 aliphatic heterocycles. The van der Waals surface area contributed by atoms with Crippen LogP contribution in [0.3, 0.4) is 0 Å². The van der Waals surface area contributed by atoms with Gasteiger partial charge in [-0.15, -0.1) is 16.4 Å². The van der Waals surface area contributed by atoms with Gasteiger partial charge in [0.05, 0.1) is 12.5 Å². The number of rotatable bonds is 7. The molecule has 0 fully saturated rings. The fraction of sp³-hybridized carbons (Fsp3) is 0.333. The van der Waals surface area contributed by atoms with Crippen molar-refractivity contribution in [3.63, 3.8) is 0 Å². The average molecular weight is 449 g/mol. The minimum Gasteiger partial charge on any atom is -0.366 e. The minimum atomic E-state index is -0.199. The van der Waals surface area contributed by atoms with E-state index < -0.39 is 0 Å². The van der Waals surface area contributed by atoms with Gasteiger partial charge in [0.1, 0.15) is 0 Å². The Hall–Kier alpha value is -3.26. The minimum absolute atomic E-state index is 0.0740. The molecule has 0 spiro atoms. The number of anilines is 1. The lowest BCUT2D eigenvalue weighted by atomic mass is 9.98. The van der Waals surface area contributed by atoms with Gasteiger partial charge in [0.15, 0.2) is 0 Å². The van der Waals surface area contributed by atoms with E-state index in [0.717, 1.165) is 33.8 Å². The van der Waals surface area contributed by atoms with E-state index in [2.05, 4.69) is 64.6 Å². The fourth-order valence-corrected chi connectivity index (χ4v) is 4.75. The van der Waals surface area contributed by atoms with Gasteiger partial charge in [-0.25, -0.2) is 4.98 Å². The highest BCUT2D eigenvalue weighted by molar-refractivity contribution is 7.10. The lowest BCUT2D eigenvalue weighted by molar-refractivity contribution is -0.120. The monoisotopic (exact) mass is 448 g/mol. The van der Waals surface area contributed by atoms with Gasteiger partial charge in [-0.2, -0.15) is 9.50 Å². The van der Waals surface area contributed by atoms with E-state index in [1.54, 1.807) is 15.9 Å². The van der Waals surface area contributed by atoms with Crippen molar-refractivity contribution in [2.75, 3.05) is 5.73 Å². The van der Waals surface area contributed by atoms with E-state index in [4.69, 9.17) is 5.73 Å². The van der Waals surface area contributed by atoms with Crippen molar-refractivity contribution < 1.29 is 4.79 Å².